The second-order valence-electron chi connectivity index (χ2n) is 6.44. The van der Waals surface area contributed by atoms with E-state index in [-0.39, 0.29) is 13.1 Å². The number of aromatic nitrogens is 2. The van der Waals surface area contributed by atoms with Crippen LogP contribution in [0.15, 0.2) is 35.7 Å². The van der Waals surface area contributed by atoms with E-state index in [0.717, 1.165) is 16.3 Å². The molecule has 4 nitrogen and oxygen atoms in total. The minimum absolute atomic E-state index is 0.242. The Morgan fingerprint density at radius 2 is 1.50 bits per heavy atom. The molecule has 0 N–H and O–H groups in total. The van der Waals surface area contributed by atoms with Crippen LogP contribution in [0.25, 0.3) is 10.6 Å². The molecule has 0 amide bonds. The first-order valence-corrected chi connectivity index (χ1v) is 9.58. The van der Waals surface area contributed by atoms with Gasteiger partial charge in [-0.15, -0.1) is 11.3 Å². The van der Waals surface area contributed by atoms with E-state index in [1.54, 1.807) is 11.3 Å². The van der Waals surface area contributed by atoms with Crippen molar-refractivity contribution in [3.05, 3.63) is 64.9 Å². The zero-order chi connectivity index (χ0) is 19.7. The molecule has 146 valence electrons. The molecule has 9 heteroatoms. The molecule has 0 radical (unpaired) electrons. The third-order valence-corrected chi connectivity index (χ3v) is 5.56. The van der Waals surface area contributed by atoms with E-state index in [0.29, 0.717) is 19.6 Å². The zero-order valence-electron chi connectivity index (χ0n) is 14.7. The highest BCUT2D eigenvalue weighted by Crippen LogP contribution is 2.28. The fraction of sp³-hybridized carbons (Fsp3) is 0.263. The van der Waals surface area contributed by atoms with Gasteiger partial charge in [-0.3, -0.25) is 4.90 Å². The number of rotatable bonds is 4. The minimum Gasteiger partial charge on any atom is -0.364 e. The summed E-state index contributed by atoms with van der Waals surface area (Å²) < 4.78 is 54.5. The summed E-state index contributed by atoms with van der Waals surface area (Å²) >= 11 is 1.56. The number of benzene rings is 1. The predicted octanol–water partition coefficient (Wildman–Crippen LogP) is 4.08. The highest BCUT2D eigenvalue weighted by molar-refractivity contribution is 7.13. The first-order valence-electron chi connectivity index (χ1n) is 8.70. The van der Waals surface area contributed by atoms with Crippen molar-refractivity contribution in [2.45, 2.75) is 6.54 Å². The Morgan fingerprint density at radius 1 is 0.857 bits per heavy atom. The highest BCUT2D eigenvalue weighted by Gasteiger charge is 2.28. The summed E-state index contributed by atoms with van der Waals surface area (Å²) in [4.78, 5) is 10.6. The summed E-state index contributed by atoms with van der Waals surface area (Å²) in [5.41, 5.74) is 1.27. The molecule has 0 bridgehead atoms. The number of pyridine rings is 1. The van der Waals surface area contributed by atoms with E-state index in [2.05, 4.69) is 14.9 Å². The lowest BCUT2D eigenvalue weighted by molar-refractivity contribution is 0.245. The fourth-order valence-corrected chi connectivity index (χ4v) is 4.02. The Labute approximate surface area is 163 Å². The Hall–Kier alpha value is -2.52. The SMILES string of the molecule is Fc1nc(F)c(F)c(N2CCN(Cc3csc(-c4ccccc4)n3)CC2)c1F. The minimum atomic E-state index is -1.63. The number of piperazine rings is 1. The summed E-state index contributed by atoms with van der Waals surface area (Å²) in [6.07, 6.45) is 0. The van der Waals surface area contributed by atoms with Crippen molar-refractivity contribution in [2.24, 2.45) is 0 Å². The third kappa shape index (κ3) is 3.72. The van der Waals surface area contributed by atoms with E-state index in [9.17, 15) is 17.6 Å². The predicted molar refractivity (Wildman–Crippen MR) is 99.1 cm³/mol. The summed E-state index contributed by atoms with van der Waals surface area (Å²) in [5.74, 6) is -6.18. The first kappa shape index (κ1) is 18.8. The van der Waals surface area contributed by atoms with Crippen LogP contribution in [0.2, 0.25) is 0 Å². The molecule has 3 heterocycles. The number of hydrogen-bond acceptors (Lipinski definition) is 5. The molecule has 1 aliphatic heterocycles. The standard InChI is InChI=1S/C19H16F4N4S/c20-14-16(15(21)18(23)25-17(14)22)27-8-6-26(7-9-27)10-13-11-28-19(24-13)12-4-2-1-3-5-12/h1-5,11H,6-10H2. The molecule has 1 fully saturated rings. The van der Waals surface area contributed by atoms with Gasteiger partial charge in [-0.1, -0.05) is 30.3 Å². The molecule has 0 unspecified atom stereocenters. The van der Waals surface area contributed by atoms with Gasteiger partial charge in [0.15, 0.2) is 0 Å². The van der Waals surface area contributed by atoms with Crippen molar-refractivity contribution in [3.63, 3.8) is 0 Å². The smallest absolute Gasteiger partial charge is 0.253 e. The fourth-order valence-electron chi connectivity index (χ4n) is 3.21. The van der Waals surface area contributed by atoms with Crippen molar-refractivity contribution in [1.82, 2.24) is 14.9 Å². The second kappa shape index (κ2) is 7.84. The average molecular weight is 408 g/mol. The third-order valence-electron chi connectivity index (χ3n) is 4.62. The largest absolute Gasteiger partial charge is 0.364 e. The molecule has 2 aromatic heterocycles. The number of hydrogen-bond donors (Lipinski definition) is 0. The average Bonchev–Trinajstić information content (AvgIpc) is 3.17. The van der Waals surface area contributed by atoms with Crippen molar-refractivity contribution < 1.29 is 17.6 Å². The van der Waals surface area contributed by atoms with Crippen molar-refractivity contribution in [3.8, 4) is 10.6 Å². The van der Waals surface area contributed by atoms with Gasteiger partial charge in [0.25, 0.3) is 11.9 Å². The monoisotopic (exact) mass is 408 g/mol. The molecule has 3 aromatic rings. The van der Waals surface area contributed by atoms with Gasteiger partial charge in [0.1, 0.15) is 10.7 Å². The van der Waals surface area contributed by atoms with Crippen LogP contribution in [0, 0.1) is 23.5 Å². The van der Waals surface area contributed by atoms with E-state index >= 15 is 0 Å². The lowest BCUT2D eigenvalue weighted by Gasteiger charge is -2.35. The van der Waals surface area contributed by atoms with Crippen LogP contribution < -0.4 is 4.90 Å². The number of halogens is 4. The number of nitrogens with zero attached hydrogens (tertiary/aromatic N) is 4. The van der Waals surface area contributed by atoms with Gasteiger partial charge in [0, 0.05) is 43.7 Å². The van der Waals surface area contributed by atoms with Gasteiger partial charge < -0.3 is 4.90 Å². The Morgan fingerprint density at radius 3 is 2.14 bits per heavy atom. The number of anilines is 1. The maximum absolute atomic E-state index is 13.9. The summed E-state index contributed by atoms with van der Waals surface area (Å²) in [5, 5.41) is 2.92. The molecule has 1 aromatic carbocycles. The lowest BCUT2D eigenvalue weighted by Crippen LogP contribution is -2.46. The maximum atomic E-state index is 13.9. The highest BCUT2D eigenvalue weighted by atomic mass is 32.1. The molecule has 1 aliphatic rings. The summed E-state index contributed by atoms with van der Waals surface area (Å²) in [6, 6.07) is 9.86. The van der Waals surface area contributed by atoms with E-state index in [4.69, 9.17) is 0 Å². The summed E-state index contributed by atoms with van der Waals surface area (Å²) in [7, 11) is 0. The van der Waals surface area contributed by atoms with Crippen LogP contribution in [-0.4, -0.2) is 41.0 Å². The van der Waals surface area contributed by atoms with Crippen LogP contribution >= 0.6 is 11.3 Å². The van der Waals surface area contributed by atoms with Gasteiger partial charge in [-0.05, 0) is 0 Å². The lowest BCUT2D eigenvalue weighted by atomic mass is 10.2. The summed E-state index contributed by atoms with van der Waals surface area (Å²) in [6.45, 7) is 2.06. The van der Waals surface area contributed by atoms with Crippen LogP contribution in [0.5, 0.6) is 0 Å². The van der Waals surface area contributed by atoms with Gasteiger partial charge in [-0.25, -0.2) is 4.98 Å². The molecule has 0 saturated carbocycles. The molecule has 0 aliphatic carbocycles. The van der Waals surface area contributed by atoms with Crippen LogP contribution in [0.3, 0.4) is 0 Å². The normalized spacial score (nSPS) is 15.2. The molecule has 4 rings (SSSR count). The topological polar surface area (TPSA) is 32.3 Å². The van der Waals surface area contributed by atoms with E-state index in [1.165, 1.54) is 4.90 Å². The maximum Gasteiger partial charge on any atom is 0.253 e. The van der Waals surface area contributed by atoms with Crippen LogP contribution in [-0.2, 0) is 6.54 Å². The molecule has 0 atom stereocenters. The van der Waals surface area contributed by atoms with Crippen molar-refractivity contribution in [1.29, 1.82) is 0 Å². The molecule has 0 spiro atoms. The Kier molecular flexibility index (Phi) is 5.27. The first-order chi connectivity index (χ1) is 13.5. The van der Waals surface area contributed by atoms with E-state index in [1.807, 2.05) is 35.7 Å². The Balaban J connectivity index is 1.41. The van der Waals surface area contributed by atoms with Gasteiger partial charge >= 0.3 is 0 Å². The van der Waals surface area contributed by atoms with Crippen LogP contribution in [0.4, 0.5) is 23.2 Å². The molecule has 1 saturated heterocycles. The van der Waals surface area contributed by atoms with Crippen molar-refractivity contribution in [2.75, 3.05) is 31.1 Å². The number of thiazole rings is 1. The second-order valence-corrected chi connectivity index (χ2v) is 7.30. The van der Waals surface area contributed by atoms with Gasteiger partial charge in [0.2, 0.25) is 11.6 Å². The zero-order valence-corrected chi connectivity index (χ0v) is 15.5. The van der Waals surface area contributed by atoms with Crippen LogP contribution in [0.1, 0.15) is 5.69 Å². The quantitative estimate of drug-likeness (QED) is 0.481. The molecular weight excluding hydrogens is 392 g/mol. The Bertz CT molecular complexity index is 945. The van der Waals surface area contributed by atoms with Crippen molar-refractivity contribution >= 4 is 17.0 Å². The molecular formula is C19H16F4N4S. The van der Waals surface area contributed by atoms with E-state index < -0.39 is 29.2 Å². The molecule has 28 heavy (non-hydrogen) atoms. The van der Waals surface area contributed by atoms with Gasteiger partial charge in [-0.2, -0.15) is 22.5 Å². The van der Waals surface area contributed by atoms with Gasteiger partial charge in [0.05, 0.1) is 5.69 Å².